The van der Waals surface area contributed by atoms with Gasteiger partial charge in [-0.1, -0.05) is 6.07 Å². The number of amides is 1. The summed E-state index contributed by atoms with van der Waals surface area (Å²) >= 11 is 0. The number of rotatable bonds is 3. The minimum Gasteiger partial charge on any atom is -0.344 e. The summed E-state index contributed by atoms with van der Waals surface area (Å²) in [6.45, 7) is 8.09. The summed E-state index contributed by atoms with van der Waals surface area (Å²) in [5.41, 5.74) is 1.79. The predicted molar refractivity (Wildman–Crippen MR) is 84.4 cm³/mol. The van der Waals surface area contributed by atoms with Crippen molar-refractivity contribution < 1.29 is 4.79 Å². The van der Waals surface area contributed by atoms with E-state index in [0.717, 1.165) is 24.4 Å². The molecule has 5 nitrogen and oxygen atoms in total. The lowest BCUT2D eigenvalue weighted by Gasteiger charge is -2.26. The molecule has 2 aliphatic rings. The average Bonchev–Trinajstić information content (AvgIpc) is 2.85. The van der Waals surface area contributed by atoms with Crippen LogP contribution < -0.4 is 10.6 Å². The van der Waals surface area contributed by atoms with E-state index in [1.165, 1.54) is 5.56 Å². The van der Waals surface area contributed by atoms with Crippen molar-refractivity contribution in [2.24, 2.45) is 17.8 Å². The van der Waals surface area contributed by atoms with Crippen LogP contribution in [0.1, 0.15) is 25.2 Å². The minimum atomic E-state index is -0.485. The first-order valence-electron chi connectivity index (χ1n) is 7.95. The zero-order chi connectivity index (χ0) is 15.5. The molecule has 0 radical (unpaired) electrons. The molecular weight excluding hydrogens is 276 g/mol. The van der Waals surface area contributed by atoms with Gasteiger partial charge < -0.3 is 15.0 Å². The second-order valence-electron chi connectivity index (χ2n) is 7.15. The Hall–Kier alpha value is -1.88. The minimum absolute atomic E-state index is 0.172. The summed E-state index contributed by atoms with van der Waals surface area (Å²) in [5, 5.41) is 6.54. The van der Waals surface area contributed by atoms with Gasteiger partial charge in [0.05, 0.1) is 17.3 Å². The van der Waals surface area contributed by atoms with Crippen molar-refractivity contribution in [2.45, 2.75) is 26.3 Å². The van der Waals surface area contributed by atoms with Gasteiger partial charge in [-0.2, -0.15) is 0 Å². The molecule has 3 atom stereocenters. The summed E-state index contributed by atoms with van der Waals surface area (Å²) in [5.74, 6) is 2.31. The Morgan fingerprint density at radius 2 is 2.14 bits per heavy atom. The maximum atomic E-state index is 12.6. The van der Waals surface area contributed by atoms with Gasteiger partial charge in [0.25, 0.3) is 0 Å². The largest absolute Gasteiger partial charge is 0.344 e. The Labute approximate surface area is 130 Å². The molecule has 1 amide bonds. The number of aromatic nitrogens is 2. The molecule has 2 aromatic rings. The first-order valence-corrected chi connectivity index (χ1v) is 7.95. The number of hydrogen-bond donors (Lipinski definition) is 2. The van der Waals surface area contributed by atoms with Crippen molar-refractivity contribution in [1.82, 2.24) is 20.0 Å². The molecule has 1 saturated heterocycles. The van der Waals surface area contributed by atoms with Crippen LogP contribution in [0.2, 0.25) is 0 Å². The van der Waals surface area contributed by atoms with Crippen molar-refractivity contribution in [1.29, 1.82) is 0 Å². The molecule has 3 heterocycles. The molecule has 0 bridgehead atoms. The lowest BCUT2D eigenvalue weighted by Crippen LogP contribution is -2.44. The fourth-order valence-corrected chi connectivity index (χ4v) is 3.88. The zero-order valence-corrected chi connectivity index (χ0v) is 13.3. The fraction of sp³-hybridized carbons (Fsp3) is 0.529. The molecule has 1 aliphatic heterocycles. The summed E-state index contributed by atoms with van der Waals surface area (Å²) in [6.07, 6.45) is 3.89. The monoisotopic (exact) mass is 298 g/mol. The number of pyridine rings is 1. The molecule has 5 heteroatoms. The number of nitrogens with one attached hydrogen (secondary N) is 2. The van der Waals surface area contributed by atoms with E-state index in [9.17, 15) is 4.79 Å². The predicted octanol–water partition coefficient (Wildman–Crippen LogP) is 1.46. The van der Waals surface area contributed by atoms with E-state index in [1.54, 1.807) is 0 Å². The van der Waals surface area contributed by atoms with Crippen LogP contribution in [0.5, 0.6) is 0 Å². The number of imidazole rings is 1. The van der Waals surface area contributed by atoms with Crippen LogP contribution in [0.15, 0.2) is 24.5 Å². The van der Waals surface area contributed by atoms with Gasteiger partial charge in [0.15, 0.2) is 0 Å². The van der Waals surface area contributed by atoms with Crippen molar-refractivity contribution in [3.8, 4) is 0 Å². The maximum absolute atomic E-state index is 12.6. The van der Waals surface area contributed by atoms with Crippen LogP contribution in [0.25, 0.3) is 5.52 Å². The van der Waals surface area contributed by atoms with E-state index in [-0.39, 0.29) is 11.8 Å². The summed E-state index contributed by atoms with van der Waals surface area (Å²) < 4.78 is 2.07. The molecule has 2 fully saturated rings. The van der Waals surface area contributed by atoms with E-state index >= 15 is 0 Å². The zero-order valence-electron chi connectivity index (χ0n) is 13.3. The summed E-state index contributed by atoms with van der Waals surface area (Å²) in [7, 11) is 0. The molecule has 0 spiro atoms. The van der Waals surface area contributed by atoms with Crippen LogP contribution in [0, 0.1) is 24.7 Å². The highest BCUT2D eigenvalue weighted by Crippen LogP contribution is 2.49. The quantitative estimate of drug-likeness (QED) is 0.902. The number of hydrogen-bond acceptors (Lipinski definition) is 3. The Kier molecular flexibility index (Phi) is 2.85. The smallest absolute Gasteiger partial charge is 0.224 e. The van der Waals surface area contributed by atoms with Gasteiger partial charge >= 0.3 is 0 Å². The lowest BCUT2D eigenvalue weighted by atomic mass is 10.0. The molecule has 4 rings (SSSR count). The van der Waals surface area contributed by atoms with E-state index < -0.39 is 5.54 Å². The number of fused-ring (bicyclic) bond motifs is 2. The molecule has 2 aromatic heterocycles. The number of carbonyl (C=O) groups is 1. The highest BCUT2D eigenvalue weighted by molar-refractivity contribution is 5.83. The number of carbonyl (C=O) groups excluding carboxylic acids is 1. The van der Waals surface area contributed by atoms with Crippen molar-refractivity contribution in [3.05, 3.63) is 35.9 Å². The van der Waals surface area contributed by atoms with Crippen LogP contribution in [0.3, 0.4) is 0 Å². The normalized spacial score (nSPS) is 27.0. The molecule has 1 saturated carbocycles. The van der Waals surface area contributed by atoms with E-state index in [2.05, 4.69) is 33.0 Å². The first kappa shape index (κ1) is 13.8. The molecule has 22 heavy (non-hydrogen) atoms. The topological polar surface area (TPSA) is 58.4 Å². The Balaban J connectivity index is 1.59. The number of piperidine rings is 1. The first-order chi connectivity index (χ1) is 10.5. The van der Waals surface area contributed by atoms with Crippen LogP contribution >= 0.6 is 0 Å². The second kappa shape index (κ2) is 4.56. The van der Waals surface area contributed by atoms with Crippen LogP contribution in [-0.4, -0.2) is 28.4 Å². The summed E-state index contributed by atoms with van der Waals surface area (Å²) in [6, 6.07) is 4.09. The average molecular weight is 298 g/mol. The number of aryl methyl sites for hydroxylation is 1. The van der Waals surface area contributed by atoms with Crippen LogP contribution in [0.4, 0.5) is 0 Å². The molecule has 0 aromatic carbocycles. The standard InChI is InChI=1S/C17H22N4O/c1-10-5-4-6-21-13(10)9-19-16(21)17(2,3)20-15(22)14-11-7-18-8-12(11)14/h4-6,9,11-12,14,18H,7-8H2,1-3H3,(H,20,22)/t11-,12+,14?. The molecular formula is C17H22N4O. The SMILES string of the molecule is Cc1cccn2c(C(C)(C)NC(=O)C3[C@H]4CNC[C@@H]34)ncc12. The highest BCUT2D eigenvalue weighted by Gasteiger charge is 2.57. The fourth-order valence-electron chi connectivity index (χ4n) is 3.88. The lowest BCUT2D eigenvalue weighted by molar-refractivity contribution is -0.124. The van der Waals surface area contributed by atoms with Gasteiger partial charge in [-0.05, 0) is 57.3 Å². The maximum Gasteiger partial charge on any atom is 0.224 e. The molecule has 116 valence electrons. The summed E-state index contributed by atoms with van der Waals surface area (Å²) in [4.78, 5) is 17.1. The Bertz CT molecular complexity index is 738. The number of nitrogens with zero attached hydrogens (tertiary/aromatic N) is 2. The van der Waals surface area contributed by atoms with Crippen molar-refractivity contribution >= 4 is 11.4 Å². The van der Waals surface area contributed by atoms with Gasteiger partial charge in [-0.25, -0.2) is 4.98 Å². The van der Waals surface area contributed by atoms with Gasteiger partial charge in [-0.3, -0.25) is 4.79 Å². The van der Waals surface area contributed by atoms with Crippen LogP contribution in [-0.2, 0) is 10.3 Å². The Morgan fingerprint density at radius 3 is 2.86 bits per heavy atom. The van der Waals surface area contributed by atoms with Crippen molar-refractivity contribution in [3.63, 3.8) is 0 Å². The van der Waals surface area contributed by atoms with E-state index in [1.807, 2.05) is 32.3 Å². The Morgan fingerprint density at radius 1 is 1.41 bits per heavy atom. The third kappa shape index (κ3) is 1.96. The third-order valence-electron chi connectivity index (χ3n) is 5.17. The highest BCUT2D eigenvalue weighted by atomic mass is 16.2. The second-order valence-corrected chi connectivity index (χ2v) is 7.15. The molecule has 1 aliphatic carbocycles. The van der Waals surface area contributed by atoms with Gasteiger partial charge in [0, 0.05) is 12.1 Å². The van der Waals surface area contributed by atoms with E-state index in [4.69, 9.17) is 0 Å². The van der Waals surface area contributed by atoms with Gasteiger partial charge in [0.2, 0.25) is 5.91 Å². The third-order valence-corrected chi connectivity index (χ3v) is 5.17. The van der Waals surface area contributed by atoms with Gasteiger partial charge in [0.1, 0.15) is 5.82 Å². The molecule has 1 unspecified atom stereocenters. The van der Waals surface area contributed by atoms with Gasteiger partial charge in [-0.15, -0.1) is 0 Å². The molecule has 2 N–H and O–H groups in total. The van der Waals surface area contributed by atoms with Crippen molar-refractivity contribution in [2.75, 3.05) is 13.1 Å². The van der Waals surface area contributed by atoms with E-state index in [0.29, 0.717) is 11.8 Å².